The average Bonchev–Trinajstić information content (AvgIpc) is 3.14. The Morgan fingerprint density at radius 2 is 1.88 bits per heavy atom. The average molecular weight is 446 g/mol. The molecule has 32 heavy (non-hydrogen) atoms. The zero-order valence-electron chi connectivity index (χ0n) is 16.7. The molecule has 158 valence electrons. The molecule has 9 heteroatoms. The fraction of sp³-hybridized carbons (Fsp3) is 0.0435. The summed E-state index contributed by atoms with van der Waals surface area (Å²) in [6, 6.07) is 19.0. The third kappa shape index (κ3) is 3.83. The molecule has 0 aliphatic carbocycles. The quantitative estimate of drug-likeness (QED) is 0.401. The summed E-state index contributed by atoms with van der Waals surface area (Å²) in [7, 11) is 0. The van der Waals surface area contributed by atoms with Crippen molar-refractivity contribution in [3.8, 4) is 16.9 Å². The van der Waals surface area contributed by atoms with Crippen molar-refractivity contribution in [1.29, 1.82) is 0 Å². The summed E-state index contributed by atoms with van der Waals surface area (Å²) in [6.07, 6.45) is 1.72. The van der Waals surface area contributed by atoms with Gasteiger partial charge in [0.05, 0.1) is 29.0 Å². The molecule has 3 N–H and O–H groups in total. The minimum Gasteiger partial charge on any atom is -0.383 e. The molecule has 7 nitrogen and oxygen atoms in total. The van der Waals surface area contributed by atoms with E-state index in [1.807, 2.05) is 30.3 Å². The van der Waals surface area contributed by atoms with Gasteiger partial charge >= 0.3 is 0 Å². The first kappa shape index (κ1) is 19.9. The van der Waals surface area contributed by atoms with Crippen molar-refractivity contribution in [1.82, 2.24) is 24.7 Å². The van der Waals surface area contributed by atoms with Crippen molar-refractivity contribution in [2.24, 2.45) is 0 Å². The Morgan fingerprint density at radius 3 is 2.66 bits per heavy atom. The lowest BCUT2D eigenvalue weighted by molar-refractivity contribution is 0.625. The zero-order valence-corrected chi connectivity index (χ0v) is 17.5. The predicted octanol–water partition coefficient (Wildman–Crippen LogP) is 4.86. The van der Waals surface area contributed by atoms with Crippen LogP contribution in [0.15, 0.2) is 72.9 Å². The van der Waals surface area contributed by atoms with Gasteiger partial charge in [-0.25, -0.2) is 14.1 Å². The Hall–Kier alpha value is -4.04. The fourth-order valence-electron chi connectivity index (χ4n) is 3.41. The van der Waals surface area contributed by atoms with E-state index in [0.717, 1.165) is 11.3 Å². The number of fused-ring (bicyclic) bond motifs is 1. The molecular formula is C23H17ClFN7. The van der Waals surface area contributed by atoms with Gasteiger partial charge in [-0.15, -0.1) is 5.10 Å². The number of hydrogen-bond donors (Lipinski definition) is 2. The molecule has 5 rings (SSSR count). The summed E-state index contributed by atoms with van der Waals surface area (Å²) < 4.78 is 15.3. The largest absolute Gasteiger partial charge is 0.383 e. The second-order valence-corrected chi connectivity index (χ2v) is 7.49. The highest BCUT2D eigenvalue weighted by molar-refractivity contribution is 6.30. The summed E-state index contributed by atoms with van der Waals surface area (Å²) in [5.74, 6) is 0.277. The van der Waals surface area contributed by atoms with Crippen molar-refractivity contribution < 1.29 is 4.39 Å². The molecule has 0 unspecified atom stereocenters. The highest BCUT2D eigenvalue weighted by atomic mass is 35.5. The molecule has 0 radical (unpaired) electrons. The Morgan fingerprint density at radius 1 is 1.00 bits per heavy atom. The van der Waals surface area contributed by atoms with E-state index in [0.29, 0.717) is 45.7 Å². The molecular weight excluding hydrogens is 429 g/mol. The Labute approximate surface area is 187 Å². The number of rotatable bonds is 5. The molecule has 0 spiro atoms. The summed E-state index contributed by atoms with van der Waals surface area (Å²) >= 11 is 6.22. The molecule has 3 aromatic heterocycles. The number of nitrogens with two attached hydrogens (primary N) is 1. The molecule has 0 saturated heterocycles. The van der Waals surface area contributed by atoms with Gasteiger partial charge in [0.1, 0.15) is 11.6 Å². The Balaban J connectivity index is 1.66. The van der Waals surface area contributed by atoms with Gasteiger partial charge in [-0.1, -0.05) is 35.9 Å². The highest BCUT2D eigenvalue weighted by Crippen LogP contribution is 2.33. The van der Waals surface area contributed by atoms with Crippen molar-refractivity contribution in [3.63, 3.8) is 0 Å². The fourth-order valence-corrected chi connectivity index (χ4v) is 3.60. The van der Waals surface area contributed by atoms with Crippen molar-refractivity contribution >= 4 is 34.4 Å². The van der Waals surface area contributed by atoms with E-state index in [9.17, 15) is 4.39 Å². The molecule has 0 aliphatic rings. The van der Waals surface area contributed by atoms with Crippen molar-refractivity contribution in [2.75, 3.05) is 11.1 Å². The van der Waals surface area contributed by atoms with Crippen LogP contribution >= 0.6 is 11.6 Å². The maximum absolute atomic E-state index is 13.8. The Bertz CT molecular complexity index is 1420. The molecule has 0 aliphatic heterocycles. The second-order valence-electron chi connectivity index (χ2n) is 7.06. The highest BCUT2D eigenvalue weighted by Gasteiger charge is 2.19. The van der Waals surface area contributed by atoms with E-state index in [-0.39, 0.29) is 5.82 Å². The number of pyridine rings is 1. The SMILES string of the molecule is Nc1c2c(-c3cccc(Cl)c3)nc(NCc3ccccn3)nc2nn1-c1cccc(F)c1. The minimum absolute atomic E-state index is 0.303. The van der Waals surface area contributed by atoms with Gasteiger partial charge in [0.2, 0.25) is 5.95 Å². The van der Waals surface area contributed by atoms with Crippen LogP contribution in [0.25, 0.3) is 28.0 Å². The van der Waals surface area contributed by atoms with Gasteiger partial charge in [0.15, 0.2) is 5.65 Å². The molecule has 2 aromatic carbocycles. The van der Waals surface area contributed by atoms with Gasteiger partial charge in [-0.2, -0.15) is 4.98 Å². The summed E-state index contributed by atoms with van der Waals surface area (Å²) in [5.41, 5.74) is 9.48. The molecule has 3 heterocycles. The van der Waals surface area contributed by atoms with Crippen LogP contribution in [0.4, 0.5) is 16.2 Å². The maximum Gasteiger partial charge on any atom is 0.225 e. The number of nitrogen functional groups attached to an aromatic ring is 1. The van der Waals surface area contributed by atoms with Crippen LogP contribution in [0.5, 0.6) is 0 Å². The molecule has 0 fully saturated rings. The summed E-state index contributed by atoms with van der Waals surface area (Å²) in [6.45, 7) is 0.432. The van der Waals surface area contributed by atoms with Crippen LogP contribution in [-0.4, -0.2) is 24.7 Å². The lowest BCUT2D eigenvalue weighted by Gasteiger charge is -2.09. The van der Waals surface area contributed by atoms with Gasteiger partial charge in [0, 0.05) is 16.8 Å². The number of hydrogen-bond acceptors (Lipinski definition) is 6. The van der Waals surface area contributed by atoms with Gasteiger partial charge in [0.25, 0.3) is 0 Å². The third-order valence-electron chi connectivity index (χ3n) is 4.87. The number of aromatic nitrogens is 5. The van der Waals surface area contributed by atoms with Crippen LogP contribution in [0.2, 0.25) is 5.02 Å². The molecule has 0 saturated carbocycles. The standard InChI is InChI=1S/C23H17ClFN7/c24-15-6-3-5-14(11-15)20-19-21(26)32(18-9-4-7-16(25)12-18)31-22(19)30-23(29-20)28-13-17-8-1-2-10-27-17/h1-12H,13,26H2,(H,28,30,31). The minimum atomic E-state index is -0.389. The number of nitrogens with one attached hydrogen (secondary N) is 1. The van der Waals surface area contributed by atoms with E-state index in [4.69, 9.17) is 22.3 Å². The van der Waals surface area contributed by atoms with E-state index in [2.05, 4.69) is 20.4 Å². The number of nitrogens with zero attached hydrogens (tertiary/aromatic N) is 5. The normalized spacial score (nSPS) is 11.1. The van der Waals surface area contributed by atoms with E-state index in [1.165, 1.54) is 16.8 Å². The van der Waals surface area contributed by atoms with Crippen LogP contribution in [0.3, 0.4) is 0 Å². The van der Waals surface area contributed by atoms with Crippen molar-refractivity contribution in [2.45, 2.75) is 6.54 Å². The first-order chi connectivity index (χ1) is 15.6. The smallest absolute Gasteiger partial charge is 0.225 e. The Kier molecular flexibility index (Phi) is 5.12. The van der Waals surface area contributed by atoms with Crippen LogP contribution < -0.4 is 11.1 Å². The third-order valence-corrected chi connectivity index (χ3v) is 5.11. The predicted molar refractivity (Wildman–Crippen MR) is 123 cm³/mol. The molecule has 0 atom stereocenters. The molecule has 0 bridgehead atoms. The zero-order chi connectivity index (χ0) is 22.1. The molecule has 5 aromatic rings. The monoisotopic (exact) mass is 445 g/mol. The van der Waals surface area contributed by atoms with Gasteiger partial charge in [-0.05, 0) is 42.5 Å². The van der Waals surface area contributed by atoms with Gasteiger partial charge < -0.3 is 11.1 Å². The topological polar surface area (TPSA) is 94.5 Å². The number of benzene rings is 2. The van der Waals surface area contributed by atoms with E-state index < -0.39 is 0 Å². The number of anilines is 2. The first-order valence-corrected chi connectivity index (χ1v) is 10.2. The number of halogens is 2. The van der Waals surface area contributed by atoms with E-state index >= 15 is 0 Å². The van der Waals surface area contributed by atoms with Crippen molar-refractivity contribution in [3.05, 3.63) is 89.5 Å². The summed E-state index contributed by atoms with van der Waals surface area (Å²) in [5, 5.41) is 8.84. The lowest BCUT2D eigenvalue weighted by Crippen LogP contribution is -2.06. The van der Waals surface area contributed by atoms with Crippen LogP contribution in [0.1, 0.15) is 5.69 Å². The van der Waals surface area contributed by atoms with Crippen LogP contribution in [-0.2, 0) is 6.54 Å². The molecule has 0 amide bonds. The summed E-state index contributed by atoms with van der Waals surface area (Å²) in [4.78, 5) is 13.5. The maximum atomic E-state index is 13.8. The lowest BCUT2D eigenvalue weighted by atomic mass is 10.1. The second kappa shape index (κ2) is 8.24. The van der Waals surface area contributed by atoms with E-state index in [1.54, 1.807) is 30.5 Å². The van der Waals surface area contributed by atoms with Gasteiger partial charge in [-0.3, -0.25) is 4.98 Å². The van der Waals surface area contributed by atoms with Crippen LogP contribution in [0, 0.1) is 5.82 Å². The first-order valence-electron chi connectivity index (χ1n) is 9.80.